The summed E-state index contributed by atoms with van der Waals surface area (Å²) in [5, 5.41) is 9.95. The second-order valence-electron chi connectivity index (χ2n) is 3.43. The Morgan fingerprint density at radius 1 is 1.54 bits per heavy atom. The number of fused-ring (bicyclic) bond motifs is 2. The number of urea groups is 1. The largest absolute Gasteiger partial charge is 0.368 e. The highest BCUT2D eigenvalue weighted by atomic mass is 16.5. The van der Waals surface area contributed by atoms with Crippen molar-refractivity contribution in [3.8, 4) is 0 Å². The SMILES string of the molecule is NC(=O)[C@@H]1CCC2CN1C(=O)N2O. The number of nitrogens with two attached hydrogens (primary N) is 1. The van der Waals surface area contributed by atoms with Crippen LogP contribution in [0.2, 0.25) is 0 Å². The monoisotopic (exact) mass is 185 g/mol. The number of carbonyl (C=O) groups excluding carboxylic acids is 2. The normalized spacial score (nSPS) is 32.5. The Hall–Kier alpha value is -1.30. The molecule has 0 aromatic carbocycles. The Kier molecular flexibility index (Phi) is 1.66. The van der Waals surface area contributed by atoms with Gasteiger partial charge in [-0.3, -0.25) is 10.0 Å². The van der Waals surface area contributed by atoms with Gasteiger partial charge in [0.1, 0.15) is 6.04 Å². The number of hydroxylamine groups is 2. The van der Waals surface area contributed by atoms with E-state index in [1.807, 2.05) is 0 Å². The van der Waals surface area contributed by atoms with Crippen LogP contribution in [0.15, 0.2) is 0 Å². The smallest absolute Gasteiger partial charge is 0.344 e. The van der Waals surface area contributed by atoms with Crippen LogP contribution in [0.1, 0.15) is 12.8 Å². The van der Waals surface area contributed by atoms with Crippen LogP contribution in [0.3, 0.4) is 0 Å². The van der Waals surface area contributed by atoms with Crippen molar-refractivity contribution in [1.29, 1.82) is 0 Å². The van der Waals surface area contributed by atoms with Gasteiger partial charge in [0, 0.05) is 6.54 Å². The fourth-order valence-electron chi connectivity index (χ4n) is 1.95. The van der Waals surface area contributed by atoms with E-state index in [4.69, 9.17) is 5.73 Å². The molecule has 6 heteroatoms. The Labute approximate surface area is 74.8 Å². The van der Waals surface area contributed by atoms with E-state index in [1.54, 1.807) is 0 Å². The van der Waals surface area contributed by atoms with Crippen LogP contribution in [0, 0.1) is 0 Å². The molecule has 0 saturated carbocycles. The fourth-order valence-corrected chi connectivity index (χ4v) is 1.95. The standard InChI is InChI=1S/C7H11N3O3/c8-6(11)5-2-1-4-3-9(5)7(12)10(4)13/h4-5,13H,1-3H2,(H2,8,11)/t4?,5-/m0/s1. The second kappa shape index (κ2) is 2.59. The second-order valence-corrected chi connectivity index (χ2v) is 3.43. The molecule has 2 fully saturated rings. The molecule has 0 aromatic heterocycles. The zero-order valence-electron chi connectivity index (χ0n) is 7.01. The molecule has 2 rings (SSSR count). The number of primary amides is 1. The summed E-state index contributed by atoms with van der Waals surface area (Å²) in [4.78, 5) is 23.5. The van der Waals surface area contributed by atoms with E-state index in [2.05, 4.69) is 0 Å². The molecule has 2 atom stereocenters. The lowest BCUT2D eigenvalue weighted by Gasteiger charge is -2.27. The molecule has 3 amide bonds. The molecule has 1 unspecified atom stereocenters. The van der Waals surface area contributed by atoms with E-state index in [9.17, 15) is 14.8 Å². The molecular weight excluding hydrogens is 174 g/mol. The number of hydrogen-bond donors (Lipinski definition) is 2. The highest BCUT2D eigenvalue weighted by molar-refractivity contribution is 5.87. The molecule has 2 aliphatic rings. The maximum Gasteiger partial charge on any atom is 0.344 e. The van der Waals surface area contributed by atoms with Gasteiger partial charge in [-0.15, -0.1) is 0 Å². The number of nitrogens with zero attached hydrogens (tertiary/aromatic N) is 2. The molecule has 6 nitrogen and oxygen atoms in total. The van der Waals surface area contributed by atoms with E-state index < -0.39 is 18.0 Å². The highest BCUT2D eigenvalue weighted by Crippen LogP contribution is 2.27. The molecule has 3 N–H and O–H groups in total. The Bertz CT molecular complexity index is 268. The summed E-state index contributed by atoms with van der Waals surface area (Å²) >= 11 is 0. The highest BCUT2D eigenvalue weighted by Gasteiger charge is 2.46. The van der Waals surface area contributed by atoms with Crippen molar-refractivity contribution >= 4 is 11.9 Å². The Morgan fingerprint density at radius 2 is 2.23 bits per heavy atom. The van der Waals surface area contributed by atoms with Crippen molar-refractivity contribution in [3.05, 3.63) is 0 Å². The van der Waals surface area contributed by atoms with Gasteiger partial charge in [0.25, 0.3) is 0 Å². The first-order chi connectivity index (χ1) is 6.11. The molecule has 2 saturated heterocycles. The maximum absolute atomic E-state index is 11.3. The number of amides is 3. The average Bonchev–Trinajstić information content (AvgIpc) is 2.32. The summed E-state index contributed by atoms with van der Waals surface area (Å²) in [6.07, 6.45) is 1.18. The van der Waals surface area contributed by atoms with E-state index in [0.717, 1.165) is 0 Å². The van der Waals surface area contributed by atoms with Crippen LogP contribution in [0.5, 0.6) is 0 Å². The van der Waals surface area contributed by atoms with Crippen molar-refractivity contribution in [2.45, 2.75) is 24.9 Å². The summed E-state index contributed by atoms with van der Waals surface area (Å²) in [5.41, 5.74) is 5.13. The van der Waals surface area contributed by atoms with E-state index in [0.29, 0.717) is 24.4 Å². The molecule has 0 radical (unpaired) electrons. The third kappa shape index (κ3) is 1.06. The summed E-state index contributed by atoms with van der Waals surface area (Å²) in [7, 11) is 0. The molecule has 0 aliphatic carbocycles. The predicted octanol–water partition coefficient (Wildman–Crippen LogP) is -0.870. The summed E-state index contributed by atoms with van der Waals surface area (Å²) in [6, 6.07) is -1.21. The van der Waals surface area contributed by atoms with Crippen LogP contribution in [-0.4, -0.2) is 45.7 Å². The fraction of sp³-hybridized carbons (Fsp3) is 0.714. The molecule has 13 heavy (non-hydrogen) atoms. The van der Waals surface area contributed by atoms with Crippen LogP contribution in [-0.2, 0) is 4.79 Å². The van der Waals surface area contributed by atoms with Crippen LogP contribution >= 0.6 is 0 Å². The van der Waals surface area contributed by atoms with Gasteiger partial charge in [-0.25, -0.2) is 9.86 Å². The summed E-state index contributed by atoms with van der Waals surface area (Å²) in [5.74, 6) is -0.498. The zero-order chi connectivity index (χ0) is 9.59. The van der Waals surface area contributed by atoms with Crippen LogP contribution in [0.4, 0.5) is 4.79 Å². The quantitative estimate of drug-likeness (QED) is 0.520. The van der Waals surface area contributed by atoms with Crippen molar-refractivity contribution in [3.63, 3.8) is 0 Å². The molecule has 2 heterocycles. The lowest BCUT2D eigenvalue weighted by molar-refractivity contribution is -0.122. The Balaban J connectivity index is 2.22. The van der Waals surface area contributed by atoms with Crippen LogP contribution in [0.25, 0.3) is 0 Å². The van der Waals surface area contributed by atoms with Gasteiger partial charge in [0.2, 0.25) is 5.91 Å². The van der Waals surface area contributed by atoms with E-state index in [1.165, 1.54) is 4.90 Å². The van der Waals surface area contributed by atoms with Crippen molar-refractivity contribution in [1.82, 2.24) is 9.96 Å². The third-order valence-corrected chi connectivity index (χ3v) is 2.67. The zero-order valence-corrected chi connectivity index (χ0v) is 7.01. The van der Waals surface area contributed by atoms with Gasteiger partial charge in [0.05, 0.1) is 6.04 Å². The topological polar surface area (TPSA) is 86.9 Å². The number of piperidine rings is 1. The van der Waals surface area contributed by atoms with Gasteiger partial charge in [-0.05, 0) is 12.8 Å². The average molecular weight is 185 g/mol. The van der Waals surface area contributed by atoms with Gasteiger partial charge in [0.15, 0.2) is 0 Å². The number of hydrogen-bond acceptors (Lipinski definition) is 3. The minimum Gasteiger partial charge on any atom is -0.368 e. The minimum atomic E-state index is -0.541. The first-order valence-corrected chi connectivity index (χ1v) is 4.19. The third-order valence-electron chi connectivity index (χ3n) is 2.67. The number of rotatable bonds is 1. The van der Waals surface area contributed by atoms with Gasteiger partial charge >= 0.3 is 6.03 Å². The number of carbonyl (C=O) groups is 2. The molecule has 0 aromatic rings. The Morgan fingerprint density at radius 3 is 2.85 bits per heavy atom. The van der Waals surface area contributed by atoms with Gasteiger partial charge in [-0.2, -0.15) is 0 Å². The lowest BCUT2D eigenvalue weighted by atomic mass is 10.0. The predicted molar refractivity (Wildman–Crippen MR) is 41.7 cm³/mol. The molecule has 2 aliphatic heterocycles. The van der Waals surface area contributed by atoms with Crippen LogP contribution < -0.4 is 5.73 Å². The minimum absolute atomic E-state index is 0.164. The van der Waals surface area contributed by atoms with E-state index >= 15 is 0 Å². The maximum atomic E-state index is 11.3. The first kappa shape index (κ1) is 8.31. The first-order valence-electron chi connectivity index (χ1n) is 4.19. The summed E-state index contributed by atoms with van der Waals surface area (Å²) < 4.78 is 0. The van der Waals surface area contributed by atoms with Gasteiger partial charge in [-0.1, -0.05) is 0 Å². The van der Waals surface area contributed by atoms with E-state index in [-0.39, 0.29) is 6.04 Å². The lowest BCUT2D eigenvalue weighted by Crippen LogP contribution is -2.47. The van der Waals surface area contributed by atoms with Crippen molar-refractivity contribution in [2.24, 2.45) is 5.73 Å². The van der Waals surface area contributed by atoms with Gasteiger partial charge < -0.3 is 10.6 Å². The van der Waals surface area contributed by atoms with Crippen molar-refractivity contribution in [2.75, 3.05) is 6.54 Å². The molecule has 72 valence electrons. The molecule has 0 spiro atoms. The van der Waals surface area contributed by atoms with Crippen molar-refractivity contribution < 1.29 is 14.8 Å². The molecular formula is C7H11N3O3. The summed E-state index contributed by atoms with van der Waals surface area (Å²) in [6.45, 7) is 0.406. The molecule has 2 bridgehead atoms.